The number of rotatable bonds is 2. The second-order valence-electron chi connectivity index (χ2n) is 3.87. The Bertz CT molecular complexity index is 673. The van der Waals surface area contributed by atoms with Crippen LogP contribution in [0.2, 0.25) is 0 Å². The molecule has 2 aromatic carbocycles. The van der Waals surface area contributed by atoms with Gasteiger partial charge in [-0.1, -0.05) is 0 Å². The first-order valence-corrected chi connectivity index (χ1v) is 7.22. The van der Waals surface area contributed by atoms with Gasteiger partial charge in [-0.05, 0) is 0 Å². The predicted octanol–water partition coefficient (Wildman–Crippen LogP) is 2.67. The van der Waals surface area contributed by atoms with Crippen LogP contribution in [0.5, 0.6) is 11.5 Å². The average molecular weight is 304 g/mol. The van der Waals surface area contributed by atoms with Gasteiger partial charge >= 0.3 is 110 Å². The van der Waals surface area contributed by atoms with Crippen molar-refractivity contribution in [1.82, 2.24) is 4.98 Å². The third-order valence-electron chi connectivity index (χ3n) is 2.72. The maximum absolute atomic E-state index is 9.80. The quantitative estimate of drug-likeness (QED) is 0.740. The molecule has 0 aliphatic heterocycles. The molecule has 3 rings (SSSR count). The summed E-state index contributed by atoms with van der Waals surface area (Å²) in [5.74, 6) is 0.645. The topological polar surface area (TPSA) is 42.4 Å². The van der Waals surface area contributed by atoms with Gasteiger partial charge in [0.05, 0.1) is 0 Å². The van der Waals surface area contributed by atoms with E-state index in [4.69, 9.17) is 4.74 Å². The summed E-state index contributed by atoms with van der Waals surface area (Å²) in [5, 5.41) is 9.80. The molecule has 0 fully saturated rings. The second kappa shape index (κ2) is 4.48. The van der Waals surface area contributed by atoms with Crippen LogP contribution in [0.3, 0.4) is 0 Å². The number of aromatic hydroxyl groups is 1. The van der Waals surface area contributed by atoms with Crippen LogP contribution in [-0.2, 0) is 0 Å². The van der Waals surface area contributed by atoms with Crippen LogP contribution in [0, 0.1) is 0 Å². The molecule has 0 saturated carbocycles. The van der Waals surface area contributed by atoms with Crippen LogP contribution in [0.25, 0.3) is 19.9 Å². The Morgan fingerprint density at radius 1 is 1.17 bits per heavy atom. The fourth-order valence-electron chi connectivity index (χ4n) is 1.82. The van der Waals surface area contributed by atoms with E-state index < -0.39 is 0 Å². The zero-order valence-electron chi connectivity index (χ0n) is 9.75. The minimum absolute atomic E-state index is 0.157. The Morgan fingerprint density at radius 3 is 2.72 bits per heavy atom. The van der Waals surface area contributed by atoms with Crippen LogP contribution in [0.4, 0.5) is 0 Å². The van der Waals surface area contributed by atoms with Crippen molar-refractivity contribution in [2.24, 2.45) is 0 Å². The van der Waals surface area contributed by atoms with Gasteiger partial charge in [0.2, 0.25) is 0 Å². The first-order chi connectivity index (χ1) is 8.78. The minimum atomic E-state index is 0.157. The second-order valence-corrected chi connectivity index (χ2v) is 6.04. The standard InChI is InChI=1S/C14H11NO2Se/c1-17-12-7-6-9(8-11(12)16)14-15-10-4-2-3-5-13(10)18-14/h2-8,16H,1H3. The predicted molar refractivity (Wildman–Crippen MR) is 72.3 cm³/mol. The van der Waals surface area contributed by atoms with Gasteiger partial charge in [-0.2, -0.15) is 0 Å². The molecule has 18 heavy (non-hydrogen) atoms. The van der Waals surface area contributed by atoms with Crippen LogP contribution in [-0.4, -0.2) is 31.7 Å². The zero-order valence-corrected chi connectivity index (χ0v) is 11.5. The Morgan fingerprint density at radius 2 is 2.00 bits per heavy atom. The number of hydrogen-bond acceptors (Lipinski definition) is 3. The average Bonchev–Trinajstić information content (AvgIpc) is 2.82. The number of phenolic OH excluding ortho intramolecular Hbond substituents is 1. The Kier molecular flexibility index (Phi) is 2.82. The number of aromatic nitrogens is 1. The van der Waals surface area contributed by atoms with Crippen LogP contribution >= 0.6 is 0 Å². The molecule has 0 radical (unpaired) electrons. The number of nitrogens with zero attached hydrogens (tertiary/aromatic N) is 1. The molecule has 0 aliphatic rings. The molecule has 0 atom stereocenters. The summed E-state index contributed by atoms with van der Waals surface area (Å²) in [7, 11) is 1.54. The van der Waals surface area contributed by atoms with E-state index in [-0.39, 0.29) is 20.3 Å². The summed E-state index contributed by atoms with van der Waals surface area (Å²) in [5.41, 5.74) is 2.01. The number of phenols is 1. The summed E-state index contributed by atoms with van der Waals surface area (Å²) < 4.78 is 7.37. The summed E-state index contributed by atoms with van der Waals surface area (Å²) in [6, 6.07) is 13.6. The molecule has 0 spiro atoms. The van der Waals surface area contributed by atoms with Crippen molar-refractivity contribution in [2.75, 3.05) is 7.11 Å². The van der Waals surface area contributed by atoms with E-state index in [1.54, 1.807) is 19.2 Å². The van der Waals surface area contributed by atoms with E-state index in [0.717, 1.165) is 15.6 Å². The molecule has 1 aromatic heterocycles. The first kappa shape index (κ1) is 11.3. The fourth-order valence-corrected chi connectivity index (χ4v) is 3.84. The maximum atomic E-state index is 9.80. The molecule has 1 heterocycles. The molecule has 3 aromatic rings. The van der Waals surface area contributed by atoms with Crippen LogP contribution in [0.1, 0.15) is 0 Å². The fraction of sp³-hybridized carbons (Fsp3) is 0.0714. The first-order valence-electron chi connectivity index (χ1n) is 5.51. The molecule has 0 unspecified atom stereocenters. The number of para-hydroxylation sites is 1. The van der Waals surface area contributed by atoms with Crippen molar-refractivity contribution >= 4 is 24.3 Å². The van der Waals surface area contributed by atoms with Gasteiger partial charge in [0, 0.05) is 0 Å². The van der Waals surface area contributed by atoms with Crippen molar-refractivity contribution in [2.45, 2.75) is 0 Å². The zero-order chi connectivity index (χ0) is 12.5. The number of hydrogen-bond donors (Lipinski definition) is 1. The van der Waals surface area contributed by atoms with E-state index in [2.05, 4.69) is 11.1 Å². The van der Waals surface area contributed by atoms with Crippen LogP contribution < -0.4 is 4.74 Å². The summed E-state index contributed by atoms with van der Waals surface area (Å²) in [4.78, 5) is 4.61. The van der Waals surface area contributed by atoms with Crippen molar-refractivity contribution in [3.8, 4) is 21.6 Å². The van der Waals surface area contributed by atoms with E-state index in [9.17, 15) is 5.11 Å². The van der Waals surface area contributed by atoms with E-state index in [0.29, 0.717) is 5.75 Å². The Labute approximate surface area is 110 Å². The molecule has 3 nitrogen and oxygen atoms in total. The SMILES string of the molecule is COc1ccc(-c2nc3ccccc3[se]2)cc1O. The molecule has 1 N–H and O–H groups in total. The number of methoxy groups -OCH3 is 1. The Balaban J connectivity index is 2.11. The molecule has 4 heteroatoms. The monoisotopic (exact) mass is 305 g/mol. The molecule has 0 amide bonds. The van der Waals surface area contributed by atoms with E-state index >= 15 is 0 Å². The summed E-state index contributed by atoms with van der Waals surface area (Å²) in [6.45, 7) is 0. The van der Waals surface area contributed by atoms with Gasteiger partial charge in [0.1, 0.15) is 0 Å². The Hall–Kier alpha value is -1.77. The van der Waals surface area contributed by atoms with Gasteiger partial charge in [-0.25, -0.2) is 0 Å². The van der Waals surface area contributed by atoms with Gasteiger partial charge in [0.15, 0.2) is 0 Å². The third-order valence-corrected chi connectivity index (χ3v) is 5.00. The van der Waals surface area contributed by atoms with E-state index in [1.807, 2.05) is 24.3 Å². The van der Waals surface area contributed by atoms with Crippen molar-refractivity contribution in [3.63, 3.8) is 0 Å². The third kappa shape index (κ3) is 1.90. The van der Waals surface area contributed by atoms with Gasteiger partial charge in [-0.15, -0.1) is 0 Å². The van der Waals surface area contributed by atoms with Gasteiger partial charge in [0.25, 0.3) is 0 Å². The van der Waals surface area contributed by atoms with Crippen molar-refractivity contribution < 1.29 is 9.84 Å². The number of benzene rings is 2. The molecular weight excluding hydrogens is 293 g/mol. The van der Waals surface area contributed by atoms with Gasteiger partial charge in [-0.3, -0.25) is 0 Å². The van der Waals surface area contributed by atoms with Gasteiger partial charge < -0.3 is 0 Å². The molecular formula is C14H11NO2Se. The number of ether oxygens (including phenoxy) is 1. The summed E-state index contributed by atoms with van der Waals surface area (Å²) in [6.07, 6.45) is 0. The molecule has 0 bridgehead atoms. The molecule has 90 valence electrons. The van der Waals surface area contributed by atoms with Crippen molar-refractivity contribution in [1.29, 1.82) is 0 Å². The number of fused-ring (bicyclic) bond motifs is 1. The molecule has 0 aliphatic carbocycles. The van der Waals surface area contributed by atoms with Crippen molar-refractivity contribution in [3.05, 3.63) is 42.5 Å². The van der Waals surface area contributed by atoms with Crippen LogP contribution in [0.15, 0.2) is 42.5 Å². The molecule has 0 saturated heterocycles. The normalized spacial score (nSPS) is 10.7. The van der Waals surface area contributed by atoms with E-state index in [1.165, 1.54) is 4.26 Å². The summed E-state index contributed by atoms with van der Waals surface area (Å²) >= 11 is 0.206.